The Balaban J connectivity index is 1.85. The molecule has 0 aromatic carbocycles. The summed E-state index contributed by atoms with van der Waals surface area (Å²) in [4.78, 5) is 1.27. The molecule has 1 aromatic heterocycles. The molecule has 1 aliphatic rings. The Morgan fingerprint density at radius 2 is 2.43 bits per heavy atom. The Labute approximate surface area is 92.8 Å². The molecule has 0 aliphatic carbocycles. The molecule has 2 unspecified atom stereocenters. The summed E-state index contributed by atoms with van der Waals surface area (Å²) in [5.74, 6) is 1.29. The number of aromatic nitrogens is 2. The molecule has 2 heterocycles. The minimum Gasteiger partial charge on any atom is -0.308 e. The molecule has 0 saturated carbocycles. The molecule has 14 heavy (non-hydrogen) atoms. The number of rotatable bonds is 3. The van der Waals surface area contributed by atoms with Crippen molar-refractivity contribution in [2.45, 2.75) is 38.1 Å². The third-order valence-corrected chi connectivity index (χ3v) is 4.80. The van der Waals surface area contributed by atoms with Crippen molar-refractivity contribution in [1.82, 2.24) is 14.9 Å². The summed E-state index contributed by atoms with van der Waals surface area (Å²) in [5.41, 5.74) is 1.07. The van der Waals surface area contributed by atoms with Gasteiger partial charge in [0.2, 0.25) is 0 Å². The standard InChI is InChI=1S/C9H15N3S2/c1-6-9(14-12-11-6)5-10-8-3-4-13-7(8)2/h7-8,10H,3-5H2,1-2H3. The maximum atomic E-state index is 4.00. The zero-order valence-electron chi connectivity index (χ0n) is 8.49. The predicted molar refractivity (Wildman–Crippen MR) is 61.8 cm³/mol. The minimum atomic E-state index is 0.668. The van der Waals surface area contributed by atoms with Gasteiger partial charge in [-0.25, -0.2) is 0 Å². The van der Waals surface area contributed by atoms with Gasteiger partial charge in [-0.05, 0) is 30.6 Å². The Kier molecular flexibility index (Phi) is 3.41. The number of nitrogens with one attached hydrogen (secondary N) is 1. The van der Waals surface area contributed by atoms with Gasteiger partial charge in [0, 0.05) is 17.8 Å². The van der Waals surface area contributed by atoms with Crippen molar-refractivity contribution in [2.24, 2.45) is 0 Å². The molecule has 1 saturated heterocycles. The van der Waals surface area contributed by atoms with E-state index in [1.807, 2.05) is 6.92 Å². The molecule has 0 bridgehead atoms. The van der Waals surface area contributed by atoms with Crippen LogP contribution in [0.1, 0.15) is 23.9 Å². The summed E-state index contributed by atoms with van der Waals surface area (Å²) in [6.45, 7) is 5.25. The van der Waals surface area contributed by atoms with Crippen molar-refractivity contribution in [3.63, 3.8) is 0 Å². The zero-order chi connectivity index (χ0) is 9.97. The normalized spacial score (nSPS) is 27.0. The van der Waals surface area contributed by atoms with Crippen LogP contribution in [-0.4, -0.2) is 26.6 Å². The first kappa shape index (κ1) is 10.4. The summed E-state index contributed by atoms with van der Waals surface area (Å²) in [6.07, 6.45) is 1.29. The van der Waals surface area contributed by atoms with Crippen LogP contribution in [0.15, 0.2) is 0 Å². The molecular weight excluding hydrogens is 214 g/mol. The molecule has 1 aliphatic heterocycles. The lowest BCUT2D eigenvalue weighted by Gasteiger charge is -2.15. The van der Waals surface area contributed by atoms with E-state index in [0.29, 0.717) is 6.04 Å². The van der Waals surface area contributed by atoms with Gasteiger partial charge >= 0.3 is 0 Å². The smallest absolute Gasteiger partial charge is 0.0769 e. The summed E-state index contributed by atoms with van der Waals surface area (Å²) >= 11 is 3.56. The molecule has 5 heteroatoms. The van der Waals surface area contributed by atoms with Crippen molar-refractivity contribution in [3.05, 3.63) is 10.6 Å². The fourth-order valence-corrected chi connectivity index (χ4v) is 3.45. The lowest BCUT2D eigenvalue weighted by atomic mass is 10.2. The lowest BCUT2D eigenvalue weighted by Crippen LogP contribution is -2.32. The topological polar surface area (TPSA) is 37.8 Å². The van der Waals surface area contributed by atoms with E-state index in [1.165, 1.54) is 28.6 Å². The number of hydrogen-bond acceptors (Lipinski definition) is 5. The average molecular weight is 229 g/mol. The molecule has 1 aromatic rings. The molecular formula is C9H15N3S2. The molecule has 0 amide bonds. The van der Waals surface area contributed by atoms with Crippen molar-refractivity contribution >= 4 is 23.3 Å². The summed E-state index contributed by atoms with van der Waals surface area (Å²) in [5, 5.41) is 8.33. The van der Waals surface area contributed by atoms with Crippen LogP contribution in [0.2, 0.25) is 0 Å². The number of hydrogen-bond donors (Lipinski definition) is 1. The first-order valence-electron chi connectivity index (χ1n) is 4.90. The van der Waals surface area contributed by atoms with Crippen molar-refractivity contribution in [2.75, 3.05) is 5.75 Å². The van der Waals surface area contributed by atoms with E-state index in [1.54, 1.807) is 0 Å². The first-order chi connectivity index (χ1) is 6.77. The van der Waals surface area contributed by atoms with Gasteiger partial charge in [-0.1, -0.05) is 11.4 Å². The Hall–Kier alpha value is -0.130. The van der Waals surface area contributed by atoms with Crippen LogP contribution in [0.4, 0.5) is 0 Å². The van der Waals surface area contributed by atoms with Gasteiger partial charge in [-0.3, -0.25) is 0 Å². The van der Waals surface area contributed by atoms with Crippen molar-refractivity contribution < 1.29 is 0 Å². The highest BCUT2D eigenvalue weighted by Crippen LogP contribution is 2.26. The van der Waals surface area contributed by atoms with Gasteiger partial charge in [-0.15, -0.1) is 5.10 Å². The molecule has 1 fully saturated rings. The van der Waals surface area contributed by atoms with Gasteiger partial charge < -0.3 is 5.32 Å². The monoisotopic (exact) mass is 229 g/mol. The van der Waals surface area contributed by atoms with E-state index >= 15 is 0 Å². The predicted octanol–water partition coefficient (Wildman–Crippen LogP) is 1.83. The first-order valence-corrected chi connectivity index (χ1v) is 6.72. The molecule has 0 spiro atoms. The quantitative estimate of drug-likeness (QED) is 0.858. The van der Waals surface area contributed by atoms with Crippen molar-refractivity contribution in [1.29, 1.82) is 0 Å². The molecule has 78 valence electrons. The summed E-state index contributed by atoms with van der Waals surface area (Å²) in [7, 11) is 0. The van der Waals surface area contributed by atoms with Gasteiger partial charge in [0.1, 0.15) is 0 Å². The Morgan fingerprint density at radius 1 is 1.57 bits per heavy atom. The second-order valence-corrected chi connectivity index (χ2v) is 5.96. The molecule has 2 rings (SSSR count). The van der Waals surface area contributed by atoms with Gasteiger partial charge in [-0.2, -0.15) is 11.8 Å². The van der Waals surface area contributed by atoms with E-state index in [0.717, 1.165) is 17.5 Å². The number of nitrogens with zero attached hydrogens (tertiary/aromatic N) is 2. The molecule has 2 atom stereocenters. The fraction of sp³-hybridized carbons (Fsp3) is 0.778. The highest BCUT2D eigenvalue weighted by atomic mass is 32.2. The maximum Gasteiger partial charge on any atom is 0.0769 e. The highest BCUT2D eigenvalue weighted by molar-refractivity contribution is 8.00. The second-order valence-electron chi connectivity index (χ2n) is 3.63. The van der Waals surface area contributed by atoms with E-state index in [2.05, 4.69) is 33.6 Å². The van der Waals surface area contributed by atoms with Crippen LogP contribution < -0.4 is 5.32 Å². The summed E-state index contributed by atoms with van der Waals surface area (Å²) in [6, 6.07) is 0.668. The van der Waals surface area contributed by atoms with Crippen LogP contribution in [0.3, 0.4) is 0 Å². The van der Waals surface area contributed by atoms with E-state index < -0.39 is 0 Å². The largest absolute Gasteiger partial charge is 0.308 e. The maximum absolute atomic E-state index is 4.00. The number of aryl methyl sites for hydroxylation is 1. The van der Waals surface area contributed by atoms with E-state index in [4.69, 9.17) is 0 Å². The number of thioether (sulfide) groups is 1. The average Bonchev–Trinajstić information content (AvgIpc) is 2.72. The summed E-state index contributed by atoms with van der Waals surface area (Å²) < 4.78 is 3.93. The van der Waals surface area contributed by atoms with E-state index in [9.17, 15) is 0 Å². The van der Waals surface area contributed by atoms with Gasteiger partial charge in [0.15, 0.2) is 0 Å². The van der Waals surface area contributed by atoms with Crippen LogP contribution in [0.5, 0.6) is 0 Å². The van der Waals surface area contributed by atoms with E-state index in [-0.39, 0.29) is 0 Å². The van der Waals surface area contributed by atoms with Crippen LogP contribution in [0, 0.1) is 6.92 Å². The van der Waals surface area contributed by atoms with Crippen LogP contribution in [0.25, 0.3) is 0 Å². The Morgan fingerprint density at radius 3 is 3.00 bits per heavy atom. The third-order valence-electron chi connectivity index (χ3n) is 2.65. The van der Waals surface area contributed by atoms with Crippen LogP contribution >= 0.6 is 23.3 Å². The SMILES string of the molecule is Cc1nnsc1CNC1CCSC1C. The second kappa shape index (κ2) is 4.59. The van der Waals surface area contributed by atoms with Gasteiger partial charge in [0.05, 0.1) is 10.6 Å². The molecule has 0 radical (unpaired) electrons. The molecule has 3 nitrogen and oxygen atoms in total. The highest BCUT2D eigenvalue weighted by Gasteiger charge is 2.23. The van der Waals surface area contributed by atoms with Crippen LogP contribution in [-0.2, 0) is 6.54 Å². The zero-order valence-corrected chi connectivity index (χ0v) is 10.1. The van der Waals surface area contributed by atoms with Gasteiger partial charge in [0.25, 0.3) is 0 Å². The fourth-order valence-electron chi connectivity index (χ4n) is 1.64. The minimum absolute atomic E-state index is 0.668. The lowest BCUT2D eigenvalue weighted by molar-refractivity contribution is 0.514. The molecule has 1 N–H and O–H groups in total. The Bertz CT molecular complexity index is 300. The van der Waals surface area contributed by atoms with Crippen molar-refractivity contribution in [3.8, 4) is 0 Å². The third kappa shape index (κ3) is 2.27.